The Labute approximate surface area is 123 Å². The summed E-state index contributed by atoms with van der Waals surface area (Å²) < 4.78 is 7.00. The summed E-state index contributed by atoms with van der Waals surface area (Å²) in [4.78, 5) is 0. The molecule has 1 aromatic carbocycles. The summed E-state index contributed by atoms with van der Waals surface area (Å²) in [6.45, 7) is 3.19. The first-order chi connectivity index (χ1) is 7.86. The fourth-order valence-electron chi connectivity index (χ4n) is 2.07. The van der Waals surface area contributed by atoms with E-state index in [2.05, 4.69) is 34.0 Å². The molecule has 4 heteroatoms. The molecule has 0 bridgehead atoms. The summed E-state index contributed by atoms with van der Waals surface area (Å²) in [6.07, 6.45) is 3.83. The molecule has 1 fully saturated rings. The maximum absolute atomic E-state index is 5.80. The van der Waals surface area contributed by atoms with Crippen LogP contribution in [0.5, 0.6) is 5.75 Å². The van der Waals surface area contributed by atoms with Gasteiger partial charge in [-0.2, -0.15) is 0 Å². The molecule has 1 N–H and O–H groups in total. The molecule has 17 heavy (non-hydrogen) atoms. The van der Waals surface area contributed by atoms with Crippen molar-refractivity contribution in [1.29, 1.82) is 0 Å². The summed E-state index contributed by atoms with van der Waals surface area (Å²) in [5, 5.41) is 3.44. The highest BCUT2D eigenvalue weighted by Gasteiger charge is 2.12. The SMILES string of the molecule is Cl.Ic1ccccc1OCCC1CCCNC1. The van der Waals surface area contributed by atoms with Gasteiger partial charge in [-0.15, -0.1) is 12.4 Å². The first kappa shape index (κ1) is 15.1. The third-order valence-electron chi connectivity index (χ3n) is 3.02. The van der Waals surface area contributed by atoms with Crippen molar-refractivity contribution >= 4 is 35.0 Å². The van der Waals surface area contributed by atoms with E-state index in [1.54, 1.807) is 0 Å². The van der Waals surface area contributed by atoms with Crippen LogP contribution in [0.3, 0.4) is 0 Å². The predicted molar refractivity (Wildman–Crippen MR) is 82.1 cm³/mol. The van der Waals surface area contributed by atoms with Gasteiger partial charge in [0.15, 0.2) is 0 Å². The Hall–Kier alpha value is -0.0000000000000000208. The highest BCUT2D eigenvalue weighted by atomic mass is 127. The van der Waals surface area contributed by atoms with Crippen molar-refractivity contribution in [1.82, 2.24) is 5.32 Å². The van der Waals surface area contributed by atoms with Gasteiger partial charge in [0, 0.05) is 0 Å². The molecule has 1 unspecified atom stereocenters. The van der Waals surface area contributed by atoms with Gasteiger partial charge in [0.2, 0.25) is 0 Å². The van der Waals surface area contributed by atoms with Crippen LogP contribution in [0.25, 0.3) is 0 Å². The number of nitrogens with one attached hydrogen (secondary N) is 1. The molecule has 1 atom stereocenters. The Kier molecular flexibility index (Phi) is 7.23. The maximum atomic E-state index is 5.80. The summed E-state index contributed by atoms with van der Waals surface area (Å²) in [5.74, 6) is 1.82. The van der Waals surface area contributed by atoms with Crippen molar-refractivity contribution < 1.29 is 4.74 Å². The quantitative estimate of drug-likeness (QED) is 0.823. The number of hydrogen-bond acceptors (Lipinski definition) is 2. The second-order valence-electron chi connectivity index (χ2n) is 4.28. The standard InChI is InChI=1S/C13H18INO.ClH/c14-12-5-1-2-6-13(12)16-9-7-11-4-3-8-15-10-11;/h1-2,5-6,11,15H,3-4,7-10H2;1H. The molecule has 0 aliphatic carbocycles. The topological polar surface area (TPSA) is 21.3 Å². The van der Waals surface area contributed by atoms with Crippen molar-refractivity contribution in [2.45, 2.75) is 19.3 Å². The third-order valence-corrected chi connectivity index (χ3v) is 3.91. The van der Waals surface area contributed by atoms with Gasteiger partial charge in [0.1, 0.15) is 5.75 Å². The van der Waals surface area contributed by atoms with Crippen molar-refractivity contribution in [2.75, 3.05) is 19.7 Å². The molecule has 1 aliphatic rings. The lowest BCUT2D eigenvalue weighted by atomic mass is 9.97. The van der Waals surface area contributed by atoms with Crippen LogP contribution in [0.1, 0.15) is 19.3 Å². The van der Waals surface area contributed by atoms with E-state index in [-0.39, 0.29) is 12.4 Å². The van der Waals surface area contributed by atoms with Gasteiger partial charge in [-0.3, -0.25) is 0 Å². The first-order valence-corrected chi connectivity index (χ1v) is 7.02. The maximum Gasteiger partial charge on any atom is 0.132 e. The Balaban J connectivity index is 0.00000144. The zero-order valence-corrected chi connectivity index (χ0v) is 12.8. The molecule has 2 nitrogen and oxygen atoms in total. The van der Waals surface area contributed by atoms with Gasteiger partial charge in [-0.05, 0) is 73.0 Å². The molecular weight excluding hydrogens is 349 g/mol. The molecule has 1 aliphatic heterocycles. The molecule has 0 saturated carbocycles. The zero-order chi connectivity index (χ0) is 11.2. The summed E-state index contributed by atoms with van der Waals surface area (Å²) in [7, 11) is 0. The Morgan fingerprint density at radius 3 is 2.88 bits per heavy atom. The van der Waals surface area contributed by atoms with Crippen LogP contribution in [0, 0.1) is 9.49 Å². The highest BCUT2D eigenvalue weighted by Crippen LogP contribution is 2.21. The Morgan fingerprint density at radius 2 is 2.18 bits per heavy atom. The zero-order valence-electron chi connectivity index (χ0n) is 9.82. The van der Waals surface area contributed by atoms with Crippen molar-refractivity contribution in [2.24, 2.45) is 5.92 Å². The van der Waals surface area contributed by atoms with Crippen LogP contribution in [0.4, 0.5) is 0 Å². The lowest BCUT2D eigenvalue weighted by Crippen LogP contribution is -2.30. The second-order valence-corrected chi connectivity index (χ2v) is 5.44. The minimum Gasteiger partial charge on any atom is -0.492 e. The van der Waals surface area contributed by atoms with E-state index >= 15 is 0 Å². The first-order valence-electron chi connectivity index (χ1n) is 5.94. The number of hydrogen-bond donors (Lipinski definition) is 1. The van der Waals surface area contributed by atoms with Crippen LogP contribution in [-0.2, 0) is 0 Å². The molecule has 2 rings (SSSR count). The second kappa shape index (κ2) is 8.16. The molecule has 1 heterocycles. The smallest absolute Gasteiger partial charge is 0.132 e. The number of benzene rings is 1. The summed E-state index contributed by atoms with van der Waals surface area (Å²) in [5.41, 5.74) is 0. The predicted octanol–water partition coefficient (Wildman–Crippen LogP) is 3.48. The fourth-order valence-corrected chi connectivity index (χ4v) is 2.61. The van der Waals surface area contributed by atoms with E-state index in [1.165, 1.54) is 23.0 Å². The minimum atomic E-state index is 0. The average molecular weight is 368 g/mol. The van der Waals surface area contributed by atoms with E-state index in [9.17, 15) is 0 Å². The van der Waals surface area contributed by atoms with E-state index in [1.807, 2.05) is 18.2 Å². The van der Waals surface area contributed by atoms with Crippen LogP contribution >= 0.6 is 35.0 Å². The minimum absolute atomic E-state index is 0. The van der Waals surface area contributed by atoms with Gasteiger partial charge in [0.25, 0.3) is 0 Å². The van der Waals surface area contributed by atoms with Crippen molar-refractivity contribution in [3.63, 3.8) is 0 Å². The molecular formula is C13H19ClINO. The van der Waals surface area contributed by atoms with Gasteiger partial charge < -0.3 is 10.1 Å². The van der Waals surface area contributed by atoms with Crippen molar-refractivity contribution in [3.05, 3.63) is 27.8 Å². The molecule has 0 aromatic heterocycles. The summed E-state index contributed by atoms with van der Waals surface area (Å²) >= 11 is 2.32. The van der Waals surface area contributed by atoms with E-state index < -0.39 is 0 Å². The molecule has 1 saturated heterocycles. The van der Waals surface area contributed by atoms with Crippen LogP contribution < -0.4 is 10.1 Å². The molecule has 1 aromatic rings. The van der Waals surface area contributed by atoms with Crippen molar-refractivity contribution in [3.8, 4) is 5.75 Å². The molecule has 96 valence electrons. The monoisotopic (exact) mass is 367 g/mol. The number of piperidine rings is 1. The van der Waals surface area contributed by atoms with Crippen LogP contribution in [0.15, 0.2) is 24.3 Å². The van der Waals surface area contributed by atoms with Gasteiger partial charge >= 0.3 is 0 Å². The molecule has 0 amide bonds. The van der Waals surface area contributed by atoms with Gasteiger partial charge in [0.05, 0.1) is 10.2 Å². The lowest BCUT2D eigenvalue weighted by Gasteiger charge is -2.22. The highest BCUT2D eigenvalue weighted by molar-refractivity contribution is 14.1. The Bertz CT molecular complexity index is 329. The molecule has 0 radical (unpaired) electrons. The number of rotatable bonds is 4. The molecule has 0 spiro atoms. The lowest BCUT2D eigenvalue weighted by molar-refractivity contribution is 0.253. The Morgan fingerprint density at radius 1 is 1.35 bits per heavy atom. The van der Waals surface area contributed by atoms with E-state index in [0.29, 0.717) is 0 Å². The van der Waals surface area contributed by atoms with Crippen LogP contribution in [0.2, 0.25) is 0 Å². The number of para-hydroxylation sites is 1. The van der Waals surface area contributed by atoms with E-state index in [4.69, 9.17) is 4.74 Å². The average Bonchev–Trinajstić information content (AvgIpc) is 2.33. The fraction of sp³-hybridized carbons (Fsp3) is 0.538. The third kappa shape index (κ3) is 5.02. The van der Waals surface area contributed by atoms with Gasteiger partial charge in [-0.25, -0.2) is 0 Å². The largest absolute Gasteiger partial charge is 0.492 e. The van der Waals surface area contributed by atoms with Gasteiger partial charge in [-0.1, -0.05) is 12.1 Å². The number of halogens is 2. The number of ether oxygens (including phenoxy) is 1. The normalized spacial score (nSPS) is 19.5. The summed E-state index contributed by atoms with van der Waals surface area (Å²) in [6, 6.07) is 8.19. The van der Waals surface area contributed by atoms with Crippen LogP contribution in [-0.4, -0.2) is 19.7 Å². The van der Waals surface area contributed by atoms with E-state index in [0.717, 1.165) is 31.2 Å².